The predicted octanol–water partition coefficient (Wildman–Crippen LogP) is 5.39. The Labute approximate surface area is 279 Å². The maximum Gasteiger partial charge on any atom is 0.416 e. The van der Waals surface area contributed by atoms with Gasteiger partial charge in [-0.3, -0.25) is 14.5 Å². The first-order valence-corrected chi connectivity index (χ1v) is 16.3. The lowest BCUT2D eigenvalue weighted by molar-refractivity contribution is -0.137. The number of likely N-dealkylation sites (N-methyl/N-ethyl adjacent to an activating group) is 2. The second-order valence-corrected chi connectivity index (χ2v) is 13.3. The number of alkyl halides is 3. The third kappa shape index (κ3) is 6.64. The zero-order chi connectivity index (χ0) is 34.4. The van der Waals surface area contributed by atoms with Crippen LogP contribution in [0.25, 0.3) is 0 Å². The maximum atomic E-state index is 13.9. The Balaban J connectivity index is 1.15. The van der Waals surface area contributed by atoms with Crippen molar-refractivity contribution in [2.75, 3.05) is 63.6 Å². The van der Waals surface area contributed by atoms with Crippen LogP contribution in [0.2, 0.25) is 0 Å². The first-order chi connectivity index (χ1) is 22.7. The Morgan fingerprint density at radius 2 is 1.75 bits per heavy atom. The summed E-state index contributed by atoms with van der Waals surface area (Å²) in [5, 5.41) is 6.19. The van der Waals surface area contributed by atoms with Gasteiger partial charge >= 0.3 is 6.18 Å². The van der Waals surface area contributed by atoms with E-state index in [-0.39, 0.29) is 17.0 Å². The Bertz CT molecular complexity index is 1750. The van der Waals surface area contributed by atoms with E-state index in [4.69, 9.17) is 4.99 Å². The number of anilines is 2. The molecule has 3 heterocycles. The van der Waals surface area contributed by atoms with Gasteiger partial charge in [-0.25, -0.2) is 4.99 Å². The molecular weight excluding hydrogens is 619 g/mol. The molecular formula is C36H42F3N7O2. The van der Waals surface area contributed by atoms with Crippen molar-refractivity contribution < 1.29 is 22.8 Å². The third-order valence-corrected chi connectivity index (χ3v) is 10.0. The number of piperazine rings is 1. The van der Waals surface area contributed by atoms with Crippen LogP contribution < -0.4 is 15.5 Å². The fraction of sp³-hybridized carbons (Fsp3) is 0.417. The minimum atomic E-state index is -4.56. The topological polar surface area (TPSA) is 83.5 Å². The number of aryl methyl sites for hydroxylation is 1. The highest BCUT2D eigenvalue weighted by molar-refractivity contribution is 6.10. The summed E-state index contributed by atoms with van der Waals surface area (Å²) < 4.78 is 39.5. The molecule has 4 aliphatic rings. The average Bonchev–Trinajstić information content (AvgIpc) is 3.05. The van der Waals surface area contributed by atoms with E-state index in [1.807, 2.05) is 18.9 Å². The SMILES string of the molecule is CC1=CC(NC2=NC3=C(CN2C)C(=O)N(c2cc(NC(=O)c4cccc(C(F)(F)F)c4)ccc2C)CC3)=CCC1(C)N1CCN(C)CC1. The van der Waals surface area contributed by atoms with E-state index in [2.05, 4.69) is 53.5 Å². The van der Waals surface area contributed by atoms with Crippen LogP contribution in [0, 0.1) is 6.92 Å². The summed E-state index contributed by atoms with van der Waals surface area (Å²) in [6, 6.07) is 9.42. The van der Waals surface area contributed by atoms with Crippen LogP contribution in [0.4, 0.5) is 24.5 Å². The minimum absolute atomic E-state index is 0.0158. The lowest BCUT2D eigenvalue weighted by Crippen LogP contribution is -2.56. The molecule has 254 valence electrons. The molecule has 0 radical (unpaired) electrons. The van der Waals surface area contributed by atoms with Gasteiger partial charge in [-0.05, 0) is 76.2 Å². The van der Waals surface area contributed by atoms with Crippen LogP contribution in [0.5, 0.6) is 0 Å². The number of carbonyl (C=O) groups excluding carboxylic acids is 2. The number of halogens is 3. The number of amides is 2. The highest BCUT2D eigenvalue weighted by Gasteiger charge is 2.37. The molecule has 1 fully saturated rings. The summed E-state index contributed by atoms with van der Waals surface area (Å²) in [4.78, 5) is 40.2. The summed E-state index contributed by atoms with van der Waals surface area (Å²) in [7, 11) is 4.08. The highest BCUT2D eigenvalue weighted by atomic mass is 19.4. The zero-order valence-electron chi connectivity index (χ0n) is 28.0. The summed E-state index contributed by atoms with van der Waals surface area (Å²) in [6.07, 6.45) is 1.34. The summed E-state index contributed by atoms with van der Waals surface area (Å²) in [6.45, 7) is 11.4. The van der Waals surface area contributed by atoms with Crippen molar-refractivity contribution in [1.82, 2.24) is 20.0 Å². The second kappa shape index (κ2) is 12.9. The van der Waals surface area contributed by atoms with Crippen molar-refractivity contribution in [3.8, 4) is 0 Å². The molecule has 2 N–H and O–H groups in total. The molecule has 0 spiro atoms. The number of guanidine groups is 1. The largest absolute Gasteiger partial charge is 0.416 e. The summed E-state index contributed by atoms with van der Waals surface area (Å²) in [5.41, 5.74) is 4.48. The zero-order valence-corrected chi connectivity index (χ0v) is 28.0. The van der Waals surface area contributed by atoms with Crippen molar-refractivity contribution in [3.63, 3.8) is 0 Å². The quantitative estimate of drug-likeness (QED) is 0.448. The molecule has 0 saturated carbocycles. The van der Waals surface area contributed by atoms with Gasteiger partial charge in [-0.15, -0.1) is 0 Å². The maximum absolute atomic E-state index is 13.9. The molecule has 48 heavy (non-hydrogen) atoms. The van der Waals surface area contributed by atoms with Gasteiger partial charge in [0.25, 0.3) is 11.8 Å². The van der Waals surface area contributed by atoms with Crippen molar-refractivity contribution in [1.29, 1.82) is 0 Å². The standard InChI is InChI=1S/C36H42F3N7O2/c1-23-9-10-27(40-32(47)25-7-6-8-26(20-25)36(37,38)39)21-31(23)46-14-12-30-29(33(46)48)22-44(5)34(42-30)41-28-11-13-35(3,24(2)19-28)45-17-15-43(4)16-18-45/h6-11,19-21H,12-18,22H2,1-5H3,(H,40,47)(H,41,42). The van der Waals surface area contributed by atoms with E-state index in [1.54, 1.807) is 23.1 Å². The first kappa shape index (κ1) is 33.5. The van der Waals surface area contributed by atoms with E-state index in [0.717, 1.165) is 61.7 Å². The van der Waals surface area contributed by atoms with Crippen molar-refractivity contribution in [2.24, 2.45) is 4.99 Å². The van der Waals surface area contributed by atoms with Gasteiger partial charge in [0, 0.05) is 74.4 Å². The van der Waals surface area contributed by atoms with E-state index in [0.29, 0.717) is 42.4 Å². The number of nitrogens with zero attached hydrogens (tertiary/aromatic N) is 5. The van der Waals surface area contributed by atoms with Crippen LogP contribution in [0.3, 0.4) is 0 Å². The van der Waals surface area contributed by atoms with Crippen molar-refractivity contribution >= 4 is 29.1 Å². The molecule has 1 unspecified atom stereocenters. The van der Waals surface area contributed by atoms with Crippen LogP contribution >= 0.6 is 0 Å². The summed E-state index contributed by atoms with van der Waals surface area (Å²) in [5.74, 6) is -0.133. The first-order valence-electron chi connectivity index (χ1n) is 16.3. The fourth-order valence-electron chi connectivity index (χ4n) is 6.75. The number of aliphatic imine (C=N–C) groups is 1. The van der Waals surface area contributed by atoms with Crippen LogP contribution in [-0.2, 0) is 11.0 Å². The monoisotopic (exact) mass is 661 g/mol. The lowest BCUT2D eigenvalue weighted by Gasteiger charge is -2.47. The highest BCUT2D eigenvalue weighted by Crippen LogP contribution is 2.35. The number of benzene rings is 2. The Kier molecular flexibility index (Phi) is 8.99. The van der Waals surface area contributed by atoms with E-state index in [1.165, 1.54) is 17.7 Å². The van der Waals surface area contributed by atoms with Gasteiger partial charge < -0.3 is 25.3 Å². The van der Waals surface area contributed by atoms with Gasteiger partial charge in [0.2, 0.25) is 5.96 Å². The Morgan fingerprint density at radius 1 is 1.00 bits per heavy atom. The van der Waals surface area contributed by atoms with Crippen molar-refractivity contribution in [2.45, 2.75) is 45.3 Å². The fourth-order valence-corrected chi connectivity index (χ4v) is 6.75. The van der Waals surface area contributed by atoms with Gasteiger partial charge in [0.15, 0.2) is 0 Å². The van der Waals surface area contributed by atoms with Crippen LogP contribution in [0.15, 0.2) is 82.1 Å². The van der Waals surface area contributed by atoms with E-state index >= 15 is 0 Å². The molecule has 1 aliphatic carbocycles. The van der Waals surface area contributed by atoms with Crippen LogP contribution in [-0.4, -0.2) is 91.4 Å². The van der Waals surface area contributed by atoms with Gasteiger partial charge in [0.05, 0.1) is 23.4 Å². The third-order valence-electron chi connectivity index (χ3n) is 10.0. The summed E-state index contributed by atoms with van der Waals surface area (Å²) >= 11 is 0. The van der Waals surface area contributed by atoms with E-state index in [9.17, 15) is 22.8 Å². The molecule has 6 rings (SSSR count). The molecule has 1 atom stereocenters. The number of allylic oxidation sites excluding steroid dienone is 1. The normalized spacial score (nSPS) is 22.6. The average molecular weight is 662 g/mol. The van der Waals surface area contributed by atoms with Gasteiger partial charge in [-0.1, -0.05) is 23.8 Å². The number of carbonyl (C=O) groups is 2. The molecule has 12 heteroatoms. The molecule has 0 aromatic heterocycles. The number of rotatable bonds is 5. The molecule has 0 bridgehead atoms. The second-order valence-electron chi connectivity index (χ2n) is 13.3. The molecule has 9 nitrogen and oxygen atoms in total. The number of hydrogen-bond donors (Lipinski definition) is 2. The number of nitrogens with one attached hydrogen (secondary N) is 2. The smallest absolute Gasteiger partial charge is 0.341 e. The molecule has 1 saturated heterocycles. The predicted molar refractivity (Wildman–Crippen MR) is 182 cm³/mol. The Hall–Kier alpha value is -4.42. The van der Waals surface area contributed by atoms with E-state index < -0.39 is 17.6 Å². The minimum Gasteiger partial charge on any atom is -0.341 e. The molecule has 2 aromatic carbocycles. The molecule has 3 aliphatic heterocycles. The van der Waals surface area contributed by atoms with Crippen LogP contribution in [0.1, 0.15) is 48.2 Å². The van der Waals surface area contributed by atoms with Gasteiger partial charge in [0.1, 0.15) is 0 Å². The molecule has 2 aromatic rings. The lowest BCUT2D eigenvalue weighted by atomic mass is 9.82. The van der Waals surface area contributed by atoms with Gasteiger partial charge in [-0.2, -0.15) is 13.2 Å². The molecule has 2 amide bonds. The Morgan fingerprint density at radius 3 is 2.46 bits per heavy atom. The van der Waals surface area contributed by atoms with Crippen molar-refractivity contribution in [3.05, 3.63) is 93.8 Å². The number of hydrogen-bond acceptors (Lipinski definition) is 7.